The van der Waals surface area contributed by atoms with Gasteiger partial charge in [-0.2, -0.15) is 0 Å². The van der Waals surface area contributed by atoms with E-state index in [-0.39, 0.29) is 11.4 Å². The lowest BCUT2D eigenvalue weighted by molar-refractivity contribution is -0.116. The molecule has 0 N–H and O–H groups in total. The van der Waals surface area contributed by atoms with Gasteiger partial charge < -0.3 is 4.74 Å². The van der Waals surface area contributed by atoms with Crippen molar-refractivity contribution in [2.24, 2.45) is 0 Å². The van der Waals surface area contributed by atoms with Gasteiger partial charge in [0.15, 0.2) is 11.2 Å². The molecular formula is C14H12O2S. The average Bonchev–Trinajstić information content (AvgIpc) is 2.84. The SMILES string of the molecule is O=C1CCCC2=C1[C@@H]1c3ccccc3S[C@@H]1O2. The van der Waals surface area contributed by atoms with Crippen LogP contribution in [0.3, 0.4) is 0 Å². The molecule has 0 spiro atoms. The number of carbonyl (C=O) groups is 1. The molecule has 1 aromatic carbocycles. The van der Waals surface area contributed by atoms with Crippen LogP contribution in [0.25, 0.3) is 0 Å². The number of hydrogen-bond donors (Lipinski definition) is 0. The second-order valence-corrected chi connectivity index (χ2v) is 5.87. The minimum absolute atomic E-state index is 0.111. The van der Waals surface area contributed by atoms with Gasteiger partial charge in [0.2, 0.25) is 0 Å². The van der Waals surface area contributed by atoms with Gasteiger partial charge in [-0.1, -0.05) is 30.0 Å². The maximum Gasteiger partial charge on any atom is 0.163 e. The zero-order valence-corrected chi connectivity index (χ0v) is 10.1. The lowest BCUT2D eigenvalue weighted by atomic mass is 9.85. The Bertz CT molecular complexity index is 547. The molecule has 86 valence electrons. The highest BCUT2D eigenvalue weighted by atomic mass is 32.2. The third-order valence-corrected chi connectivity index (χ3v) is 4.97. The van der Waals surface area contributed by atoms with Gasteiger partial charge >= 0.3 is 0 Å². The zero-order valence-electron chi connectivity index (χ0n) is 9.31. The van der Waals surface area contributed by atoms with Crippen molar-refractivity contribution in [2.75, 3.05) is 0 Å². The van der Waals surface area contributed by atoms with E-state index in [0.717, 1.165) is 24.2 Å². The average molecular weight is 244 g/mol. The van der Waals surface area contributed by atoms with Crippen LogP contribution in [0.5, 0.6) is 0 Å². The molecule has 4 rings (SSSR count). The summed E-state index contributed by atoms with van der Waals surface area (Å²) in [5.41, 5.74) is 2.36. The molecule has 0 amide bonds. The lowest BCUT2D eigenvalue weighted by Crippen LogP contribution is -2.14. The number of ether oxygens (including phenoxy) is 1. The molecule has 3 aliphatic rings. The smallest absolute Gasteiger partial charge is 0.163 e. The van der Waals surface area contributed by atoms with Crippen LogP contribution >= 0.6 is 11.8 Å². The van der Waals surface area contributed by atoms with Gasteiger partial charge in [0.05, 0.1) is 5.92 Å². The molecule has 0 saturated heterocycles. The first-order valence-corrected chi connectivity index (χ1v) is 6.91. The third-order valence-electron chi connectivity index (χ3n) is 3.75. The largest absolute Gasteiger partial charge is 0.482 e. The molecule has 0 fully saturated rings. The van der Waals surface area contributed by atoms with Crippen LogP contribution in [-0.4, -0.2) is 11.2 Å². The van der Waals surface area contributed by atoms with Crippen molar-refractivity contribution in [2.45, 2.75) is 35.5 Å². The molecule has 1 aromatic rings. The minimum atomic E-state index is 0.111. The molecule has 0 radical (unpaired) electrons. The fraction of sp³-hybridized carbons (Fsp3) is 0.357. The first-order valence-electron chi connectivity index (χ1n) is 6.03. The number of rotatable bonds is 0. The first-order chi connectivity index (χ1) is 8.34. The number of benzene rings is 1. The Hall–Kier alpha value is -1.22. The number of Topliss-reactive ketones (excluding diaryl/α,β-unsaturated/α-hetero) is 1. The molecular weight excluding hydrogens is 232 g/mol. The Morgan fingerprint density at radius 1 is 1.24 bits per heavy atom. The van der Waals surface area contributed by atoms with E-state index in [1.165, 1.54) is 10.5 Å². The summed E-state index contributed by atoms with van der Waals surface area (Å²) in [4.78, 5) is 13.4. The summed E-state index contributed by atoms with van der Waals surface area (Å²) in [6.45, 7) is 0. The van der Waals surface area contributed by atoms with Crippen molar-refractivity contribution >= 4 is 17.5 Å². The van der Waals surface area contributed by atoms with Crippen LogP contribution in [0, 0.1) is 0 Å². The predicted molar refractivity (Wildman–Crippen MR) is 65.8 cm³/mol. The topological polar surface area (TPSA) is 26.3 Å². The van der Waals surface area contributed by atoms with Crippen LogP contribution in [-0.2, 0) is 9.53 Å². The van der Waals surface area contributed by atoms with Crippen molar-refractivity contribution in [3.63, 3.8) is 0 Å². The van der Waals surface area contributed by atoms with E-state index in [1.807, 2.05) is 12.1 Å². The molecule has 1 aliphatic carbocycles. The summed E-state index contributed by atoms with van der Waals surface area (Å²) in [7, 11) is 0. The summed E-state index contributed by atoms with van der Waals surface area (Å²) < 4.78 is 5.96. The summed E-state index contributed by atoms with van der Waals surface area (Å²) in [6, 6.07) is 8.35. The van der Waals surface area contributed by atoms with E-state index in [9.17, 15) is 4.79 Å². The maximum absolute atomic E-state index is 12.1. The van der Waals surface area contributed by atoms with Crippen molar-refractivity contribution < 1.29 is 9.53 Å². The molecule has 0 aromatic heterocycles. The Morgan fingerprint density at radius 2 is 2.12 bits per heavy atom. The first kappa shape index (κ1) is 9.77. The molecule has 0 bridgehead atoms. The molecule has 17 heavy (non-hydrogen) atoms. The van der Waals surface area contributed by atoms with Crippen LogP contribution < -0.4 is 0 Å². The fourth-order valence-corrected chi connectivity index (χ4v) is 4.33. The number of allylic oxidation sites excluding steroid dienone is 1. The second-order valence-electron chi connectivity index (χ2n) is 4.73. The Kier molecular flexibility index (Phi) is 1.95. The van der Waals surface area contributed by atoms with Crippen molar-refractivity contribution in [3.05, 3.63) is 41.2 Å². The maximum atomic E-state index is 12.1. The number of ketones is 1. The number of fused-ring (bicyclic) bond motifs is 4. The molecule has 0 saturated carbocycles. The minimum Gasteiger partial charge on any atom is -0.482 e. The predicted octanol–water partition coefficient (Wildman–Crippen LogP) is 3.24. The number of hydrogen-bond acceptors (Lipinski definition) is 3. The van der Waals surface area contributed by atoms with E-state index < -0.39 is 0 Å². The second kappa shape index (κ2) is 3.39. The van der Waals surface area contributed by atoms with Crippen molar-refractivity contribution in [1.82, 2.24) is 0 Å². The van der Waals surface area contributed by atoms with Gasteiger partial charge in [0.1, 0.15) is 5.76 Å². The summed E-state index contributed by atoms with van der Waals surface area (Å²) in [5, 5.41) is 0. The van der Waals surface area contributed by atoms with Gasteiger partial charge in [-0.05, 0) is 18.1 Å². The van der Waals surface area contributed by atoms with E-state index in [1.54, 1.807) is 11.8 Å². The third kappa shape index (κ3) is 1.26. The summed E-state index contributed by atoms with van der Waals surface area (Å²) in [5.74, 6) is 1.47. The Labute approximate surface area is 104 Å². The standard InChI is InChI=1S/C14H12O2S/c15-9-5-3-6-10-13(9)12-8-4-1-2-7-11(8)17-14(12)16-10/h1-2,4,7,12,14H,3,5-6H2/t12-,14-/m0/s1. The Balaban J connectivity index is 1.86. The summed E-state index contributed by atoms with van der Waals surface area (Å²) in [6.07, 6.45) is 2.58. The highest BCUT2D eigenvalue weighted by Crippen LogP contribution is 2.56. The van der Waals surface area contributed by atoms with Gasteiger partial charge in [-0.15, -0.1) is 0 Å². The number of carbonyl (C=O) groups excluding carboxylic acids is 1. The van der Waals surface area contributed by atoms with Crippen LogP contribution in [0.4, 0.5) is 0 Å². The van der Waals surface area contributed by atoms with E-state index in [4.69, 9.17) is 4.74 Å². The van der Waals surface area contributed by atoms with Gasteiger partial charge in [-0.3, -0.25) is 4.79 Å². The Morgan fingerprint density at radius 3 is 3.06 bits per heavy atom. The highest BCUT2D eigenvalue weighted by molar-refractivity contribution is 8.00. The van der Waals surface area contributed by atoms with Crippen molar-refractivity contribution in [1.29, 1.82) is 0 Å². The zero-order chi connectivity index (χ0) is 11.4. The van der Waals surface area contributed by atoms with E-state index in [2.05, 4.69) is 12.1 Å². The van der Waals surface area contributed by atoms with E-state index in [0.29, 0.717) is 12.2 Å². The highest BCUT2D eigenvalue weighted by Gasteiger charge is 2.47. The molecule has 2 aliphatic heterocycles. The van der Waals surface area contributed by atoms with Crippen LogP contribution in [0.2, 0.25) is 0 Å². The summed E-state index contributed by atoms with van der Waals surface area (Å²) >= 11 is 1.76. The van der Waals surface area contributed by atoms with Crippen LogP contribution in [0.15, 0.2) is 40.5 Å². The normalized spacial score (nSPS) is 29.8. The fourth-order valence-electron chi connectivity index (χ4n) is 3.01. The molecule has 2 heterocycles. The van der Waals surface area contributed by atoms with Gasteiger partial charge in [-0.25, -0.2) is 0 Å². The number of thioether (sulfide) groups is 1. The molecule has 2 nitrogen and oxygen atoms in total. The van der Waals surface area contributed by atoms with E-state index >= 15 is 0 Å². The van der Waals surface area contributed by atoms with Gasteiger partial charge in [0, 0.05) is 23.3 Å². The molecule has 0 unspecified atom stereocenters. The molecule has 2 atom stereocenters. The molecule has 3 heteroatoms. The van der Waals surface area contributed by atoms with Crippen molar-refractivity contribution in [3.8, 4) is 0 Å². The van der Waals surface area contributed by atoms with Crippen LogP contribution in [0.1, 0.15) is 30.7 Å². The monoisotopic (exact) mass is 244 g/mol. The van der Waals surface area contributed by atoms with Gasteiger partial charge in [0.25, 0.3) is 0 Å². The lowest BCUT2D eigenvalue weighted by Gasteiger charge is -2.14. The quantitative estimate of drug-likeness (QED) is 0.701.